The smallest absolute Gasteiger partial charge is 0.233 e. The molecule has 1 aliphatic carbocycles. The van der Waals surface area contributed by atoms with E-state index in [1.54, 1.807) is 0 Å². The molecule has 1 atom stereocenters. The van der Waals surface area contributed by atoms with Gasteiger partial charge in [0.1, 0.15) is 10.7 Å². The first-order valence-corrected chi connectivity index (χ1v) is 13.6. The minimum absolute atomic E-state index is 0.153. The fraction of sp³-hybridized carbons (Fsp3) is 0.440. The lowest BCUT2D eigenvalue weighted by atomic mass is 9.89. The van der Waals surface area contributed by atoms with Crippen LogP contribution in [0.25, 0.3) is 15.9 Å². The lowest BCUT2D eigenvalue weighted by molar-refractivity contribution is -0.129. The van der Waals surface area contributed by atoms with Gasteiger partial charge < -0.3 is 4.90 Å². The van der Waals surface area contributed by atoms with Crippen LogP contribution in [0.15, 0.2) is 29.4 Å². The van der Waals surface area contributed by atoms with Gasteiger partial charge in [-0.3, -0.25) is 9.20 Å². The summed E-state index contributed by atoms with van der Waals surface area (Å²) in [6.45, 7) is 5.92. The second-order valence-electron chi connectivity index (χ2n) is 9.18. The Morgan fingerprint density at radius 1 is 1.21 bits per heavy atom. The predicted molar refractivity (Wildman–Crippen MR) is 133 cm³/mol. The zero-order valence-electron chi connectivity index (χ0n) is 19.0. The van der Waals surface area contributed by atoms with E-state index in [1.807, 2.05) is 22.3 Å². The van der Waals surface area contributed by atoms with Gasteiger partial charge in [0.05, 0.1) is 11.1 Å². The molecular weight excluding hydrogens is 450 g/mol. The van der Waals surface area contributed by atoms with E-state index in [-0.39, 0.29) is 5.91 Å². The van der Waals surface area contributed by atoms with Gasteiger partial charge in [-0.05, 0) is 48.3 Å². The molecular formula is C25H27N5OS2. The molecule has 0 bridgehead atoms. The second-order valence-corrected chi connectivity index (χ2v) is 11.2. The van der Waals surface area contributed by atoms with E-state index in [9.17, 15) is 4.79 Å². The summed E-state index contributed by atoms with van der Waals surface area (Å²) >= 11 is 3.31. The Balaban J connectivity index is 1.29. The molecule has 0 saturated heterocycles. The fourth-order valence-electron chi connectivity index (χ4n) is 5.13. The van der Waals surface area contributed by atoms with Crippen LogP contribution in [0.3, 0.4) is 0 Å². The molecule has 1 aliphatic heterocycles. The SMILES string of the molecule is CCc1nc2sc3c(c2c2nnc(SCC(=O)N4CCc5ccccc5C4)n12)CC[C@H](C)C3. The maximum absolute atomic E-state index is 13.0. The molecule has 4 heterocycles. The zero-order valence-corrected chi connectivity index (χ0v) is 20.6. The van der Waals surface area contributed by atoms with Crippen molar-refractivity contribution in [3.63, 3.8) is 0 Å². The highest BCUT2D eigenvalue weighted by atomic mass is 32.2. The summed E-state index contributed by atoms with van der Waals surface area (Å²) in [7, 11) is 0. The van der Waals surface area contributed by atoms with Crippen molar-refractivity contribution in [3.05, 3.63) is 51.7 Å². The van der Waals surface area contributed by atoms with Crippen molar-refractivity contribution < 1.29 is 4.79 Å². The molecule has 2 aliphatic rings. The number of rotatable bonds is 4. The quantitative estimate of drug-likeness (QED) is 0.399. The van der Waals surface area contributed by atoms with E-state index < -0.39 is 0 Å². The van der Waals surface area contributed by atoms with E-state index in [1.165, 1.54) is 45.1 Å². The second kappa shape index (κ2) is 8.40. The number of thioether (sulfide) groups is 1. The number of hydrogen-bond donors (Lipinski definition) is 0. The molecule has 0 radical (unpaired) electrons. The summed E-state index contributed by atoms with van der Waals surface area (Å²) in [5, 5.41) is 11.1. The predicted octanol–water partition coefficient (Wildman–Crippen LogP) is 4.70. The van der Waals surface area contributed by atoms with E-state index in [4.69, 9.17) is 4.98 Å². The first kappa shape index (κ1) is 21.1. The van der Waals surface area contributed by atoms with Gasteiger partial charge in [-0.25, -0.2) is 4.98 Å². The maximum Gasteiger partial charge on any atom is 0.233 e. The summed E-state index contributed by atoms with van der Waals surface area (Å²) in [5.41, 5.74) is 4.94. The Hall–Kier alpha value is -2.45. The van der Waals surface area contributed by atoms with Crippen molar-refractivity contribution in [1.82, 2.24) is 24.5 Å². The number of hydrogen-bond acceptors (Lipinski definition) is 6. The van der Waals surface area contributed by atoms with Crippen molar-refractivity contribution in [1.29, 1.82) is 0 Å². The molecule has 170 valence electrons. The van der Waals surface area contributed by atoms with Crippen LogP contribution in [0.5, 0.6) is 0 Å². The summed E-state index contributed by atoms with van der Waals surface area (Å²) < 4.78 is 2.09. The number of thiophene rings is 1. The minimum Gasteiger partial charge on any atom is -0.337 e. The first-order chi connectivity index (χ1) is 16.1. The molecule has 6 rings (SSSR count). The molecule has 8 heteroatoms. The van der Waals surface area contributed by atoms with Gasteiger partial charge in [-0.1, -0.05) is 49.9 Å². The van der Waals surface area contributed by atoms with Crippen LogP contribution in [0, 0.1) is 5.92 Å². The number of nitrogens with zero attached hydrogens (tertiary/aromatic N) is 5. The van der Waals surface area contributed by atoms with Gasteiger partial charge in [0.15, 0.2) is 10.8 Å². The van der Waals surface area contributed by atoms with Crippen LogP contribution >= 0.6 is 23.1 Å². The lowest BCUT2D eigenvalue weighted by Gasteiger charge is -2.28. The van der Waals surface area contributed by atoms with Crippen LogP contribution in [0.4, 0.5) is 0 Å². The highest BCUT2D eigenvalue weighted by Gasteiger charge is 2.26. The first-order valence-electron chi connectivity index (χ1n) is 11.8. The Labute approximate surface area is 201 Å². The Kier molecular flexibility index (Phi) is 5.37. The Morgan fingerprint density at radius 2 is 2.06 bits per heavy atom. The van der Waals surface area contributed by atoms with Crippen molar-refractivity contribution in [2.75, 3.05) is 12.3 Å². The van der Waals surface area contributed by atoms with Crippen LogP contribution in [0.1, 0.15) is 47.7 Å². The van der Waals surface area contributed by atoms with Gasteiger partial charge in [0.2, 0.25) is 5.91 Å². The average Bonchev–Trinajstić information content (AvgIpc) is 3.42. The molecule has 0 unspecified atom stereocenters. The summed E-state index contributed by atoms with van der Waals surface area (Å²) in [4.78, 5) is 22.6. The van der Waals surface area contributed by atoms with Crippen LogP contribution < -0.4 is 0 Å². The van der Waals surface area contributed by atoms with Crippen molar-refractivity contribution >= 4 is 44.9 Å². The third-order valence-electron chi connectivity index (χ3n) is 6.96. The third-order valence-corrected chi connectivity index (χ3v) is 9.03. The third kappa shape index (κ3) is 3.64. The monoisotopic (exact) mass is 477 g/mol. The van der Waals surface area contributed by atoms with Crippen molar-refractivity contribution in [2.45, 2.75) is 57.7 Å². The Morgan fingerprint density at radius 3 is 2.91 bits per heavy atom. The zero-order chi connectivity index (χ0) is 22.5. The molecule has 0 N–H and O–H groups in total. The minimum atomic E-state index is 0.153. The van der Waals surface area contributed by atoms with Crippen LogP contribution in [-0.2, 0) is 37.0 Å². The van der Waals surface area contributed by atoms with E-state index in [0.717, 1.165) is 59.6 Å². The number of fused-ring (bicyclic) bond motifs is 6. The number of carbonyl (C=O) groups excluding carboxylic acids is 1. The van der Waals surface area contributed by atoms with Crippen molar-refractivity contribution in [2.24, 2.45) is 5.92 Å². The topological polar surface area (TPSA) is 63.4 Å². The molecule has 33 heavy (non-hydrogen) atoms. The molecule has 1 amide bonds. The summed E-state index contributed by atoms with van der Waals surface area (Å²) in [5.74, 6) is 2.21. The van der Waals surface area contributed by atoms with Crippen molar-refractivity contribution in [3.8, 4) is 0 Å². The van der Waals surface area contributed by atoms with Crippen LogP contribution in [0.2, 0.25) is 0 Å². The fourth-order valence-corrected chi connectivity index (χ4v) is 7.39. The van der Waals surface area contributed by atoms with Crippen LogP contribution in [-0.4, -0.2) is 42.7 Å². The van der Waals surface area contributed by atoms with Gasteiger partial charge in [0.25, 0.3) is 0 Å². The number of aromatic nitrogens is 4. The number of benzene rings is 1. The molecule has 4 aromatic rings. The largest absolute Gasteiger partial charge is 0.337 e. The van der Waals surface area contributed by atoms with E-state index in [2.05, 4.69) is 46.6 Å². The maximum atomic E-state index is 13.0. The number of carbonyl (C=O) groups is 1. The molecule has 6 nitrogen and oxygen atoms in total. The van der Waals surface area contributed by atoms with E-state index in [0.29, 0.717) is 12.3 Å². The average molecular weight is 478 g/mol. The number of aryl methyl sites for hydroxylation is 2. The molecule has 0 spiro atoms. The molecule has 0 fully saturated rings. The number of amides is 1. The standard InChI is InChI=1S/C25H27N5OS2/c1-3-20-26-24-22(18-9-8-15(2)12-19(18)33-24)23-27-28-25(30(20)23)32-14-21(31)29-11-10-16-6-4-5-7-17(16)13-29/h4-7,15H,3,8-14H2,1-2H3/t15-/m0/s1. The lowest BCUT2D eigenvalue weighted by Crippen LogP contribution is -2.37. The normalized spacial score (nSPS) is 18.0. The summed E-state index contributed by atoms with van der Waals surface area (Å²) in [6, 6.07) is 8.41. The van der Waals surface area contributed by atoms with Gasteiger partial charge in [0, 0.05) is 24.4 Å². The highest BCUT2D eigenvalue weighted by molar-refractivity contribution is 7.99. The van der Waals surface area contributed by atoms with Gasteiger partial charge in [-0.2, -0.15) is 0 Å². The molecule has 0 saturated carbocycles. The Bertz CT molecular complexity index is 1370. The molecule has 1 aromatic carbocycles. The highest BCUT2D eigenvalue weighted by Crippen LogP contribution is 2.39. The van der Waals surface area contributed by atoms with E-state index >= 15 is 0 Å². The van der Waals surface area contributed by atoms with Gasteiger partial charge >= 0.3 is 0 Å². The summed E-state index contributed by atoms with van der Waals surface area (Å²) in [6.07, 6.45) is 5.15. The van der Waals surface area contributed by atoms with Gasteiger partial charge in [-0.15, -0.1) is 21.5 Å². The molecule has 3 aromatic heterocycles.